The quantitative estimate of drug-likeness (QED) is 0.432. The Balaban J connectivity index is 1.95. The van der Waals surface area contributed by atoms with Crippen LogP contribution >= 0.6 is 0 Å². The Morgan fingerprint density at radius 1 is 0.870 bits per heavy atom. The van der Waals surface area contributed by atoms with Crippen LogP contribution in [-0.2, 0) is 13.0 Å². The van der Waals surface area contributed by atoms with Gasteiger partial charge in [0.1, 0.15) is 5.69 Å². The number of aromatic nitrogens is 1. The van der Waals surface area contributed by atoms with Gasteiger partial charge in [0.2, 0.25) is 0 Å². The third-order valence-electron chi connectivity index (χ3n) is 3.85. The lowest BCUT2D eigenvalue weighted by atomic mass is 10.1. The van der Waals surface area contributed by atoms with Gasteiger partial charge in [0.25, 0.3) is 5.91 Å². The molecule has 0 unspecified atom stereocenters. The highest BCUT2D eigenvalue weighted by atomic mass is 16.2. The standard InChI is InChI=1S/C19H19N3O/c20-21-19(23)18-12-11-17(13-15-7-3-1-4-8-15)22(18)14-16-9-5-2-6-10-16/h1-12H,13-14,20H2,(H,21,23). The van der Waals surface area contributed by atoms with Crippen molar-refractivity contribution in [3.63, 3.8) is 0 Å². The van der Waals surface area contributed by atoms with Crippen molar-refractivity contribution in [1.82, 2.24) is 9.99 Å². The van der Waals surface area contributed by atoms with E-state index in [0.717, 1.165) is 17.7 Å². The van der Waals surface area contributed by atoms with Crippen LogP contribution in [0.5, 0.6) is 0 Å². The van der Waals surface area contributed by atoms with Gasteiger partial charge in [-0.3, -0.25) is 10.2 Å². The van der Waals surface area contributed by atoms with E-state index in [4.69, 9.17) is 5.84 Å². The van der Waals surface area contributed by atoms with Gasteiger partial charge in [0.05, 0.1) is 0 Å². The molecule has 1 amide bonds. The van der Waals surface area contributed by atoms with Crippen LogP contribution in [-0.4, -0.2) is 10.5 Å². The molecule has 3 rings (SSSR count). The summed E-state index contributed by atoms with van der Waals surface area (Å²) >= 11 is 0. The van der Waals surface area contributed by atoms with Gasteiger partial charge in [-0.2, -0.15) is 0 Å². The summed E-state index contributed by atoms with van der Waals surface area (Å²) in [4.78, 5) is 12.0. The van der Waals surface area contributed by atoms with Crippen molar-refractivity contribution >= 4 is 5.91 Å². The van der Waals surface area contributed by atoms with Crippen LogP contribution in [0.25, 0.3) is 0 Å². The zero-order valence-electron chi connectivity index (χ0n) is 12.8. The van der Waals surface area contributed by atoms with Crippen molar-refractivity contribution in [2.45, 2.75) is 13.0 Å². The zero-order chi connectivity index (χ0) is 16.1. The van der Waals surface area contributed by atoms with Gasteiger partial charge in [-0.1, -0.05) is 60.7 Å². The molecule has 2 aromatic carbocycles. The van der Waals surface area contributed by atoms with E-state index in [1.165, 1.54) is 5.56 Å². The maximum atomic E-state index is 12.0. The van der Waals surface area contributed by atoms with Crippen molar-refractivity contribution in [3.8, 4) is 0 Å². The van der Waals surface area contributed by atoms with E-state index in [-0.39, 0.29) is 5.91 Å². The Morgan fingerprint density at radius 3 is 2.09 bits per heavy atom. The number of amides is 1. The predicted octanol–water partition coefficient (Wildman–Crippen LogP) is 2.73. The first-order valence-electron chi connectivity index (χ1n) is 7.55. The highest BCUT2D eigenvalue weighted by molar-refractivity contribution is 5.92. The van der Waals surface area contributed by atoms with E-state index in [0.29, 0.717) is 12.2 Å². The second kappa shape index (κ2) is 6.94. The molecule has 0 saturated heterocycles. The summed E-state index contributed by atoms with van der Waals surface area (Å²) in [5.41, 5.74) is 6.23. The Kier molecular flexibility index (Phi) is 4.54. The molecule has 3 N–H and O–H groups in total. The Hall–Kier alpha value is -2.85. The number of benzene rings is 2. The van der Waals surface area contributed by atoms with Gasteiger partial charge in [-0.15, -0.1) is 0 Å². The lowest BCUT2D eigenvalue weighted by molar-refractivity contribution is 0.0944. The highest BCUT2D eigenvalue weighted by Gasteiger charge is 2.14. The summed E-state index contributed by atoms with van der Waals surface area (Å²) in [6.07, 6.45) is 0.769. The maximum Gasteiger partial charge on any atom is 0.281 e. The van der Waals surface area contributed by atoms with Gasteiger partial charge in [-0.05, 0) is 23.3 Å². The molecule has 116 valence electrons. The maximum absolute atomic E-state index is 12.0. The number of hydrazine groups is 1. The number of rotatable bonds is 5. The molecule has 0 atom stereocenters. The van der Waals surface area contributed by atoms with Crippen LogP contribution < -0.4 is 11.3 Å². The predicted molar refractivity (Wildman–Crippen MR) is 90.9 cm³/mol. The first-order chi connectivity index (χ1) is 11.3. The van der Waals surface area contributed by atoms with Crippen LogP contribution in [0.15, 0.2) is 72.8 Å². The fourth-order valence-electron chi connectivity index (χ4n) is 2.69. The minimum atomic E-state index is -0.278. The molecule has 0 aliphatic carbocycles. The van der Waals surface area contributed by atoms with Crippen molar-refractivity contribution in [2.75, 3.05) is 0 Å². The average Bonchev–Trinajstić information content (AvgIpc) is 2.98. The molecule has 0 spiro atoms. The Labute approximate surface area is 135 Å². The van der Waals surface area contributed by atoms with Gasteiger partial charge in [0, 0.05) is 18.7 Å². The fourth-order valence-corrected chi connectivity index (χ4v) is 2.69. The smallest absolute Gasteiger partial charge is 0.281 e. The molecule has 0 radical (unpaired) electrons. The summed E-state index contributed by atoms with van der Waals surface area (Å²) in [5, 5.41) is 0. The number of nitrogen functional groups attached to an aromatic ring is 1. The van der Waals surface area contributed by atoms with Gasteiger partial charge >= 0.3 is 0 Å². The summed E-state index contributed by atoms with van der Waals surface area (Å²) in [6.45, 7) is 0.638. The first kappa shape index (κ1) is 15.1. The van der Waals surface area contributed by atoms with E-state index in [1.54, 1.807) is 0 Å². The van der Waals surface area contributed by atoms with Crippen LogP contribution in [0.2, 0.25) is 0 Å². The first-order valence-corrected chi connectivity index (χ1v) is 7.55. The number of carbonyl (C=O) groups is 1. The number of hydrogen-bond acceptors (Lipinski definition) is 2. The van der Waals surface area contributed by atoms with Crippen LogP contribution in [0.1, 0.15) is 27.3 Å². The summed E-state index contributed by atoms with van der Waals surface area (Å²) < 4.78 is 2.02. The van der Waals surface area contributed by atoms with E-state index in [9.17, 15) is 4.79 Å². The molecular weight excluding hydrogens is 286 g/mol. The fraction of sp³-hybridized carbons (Fsp3) is 0.105. The molecule has 0 aliphatic rings. The average molecular weight is 305 g/mol. The zero-order valence-corrected chi connectivity index (χ0v) is 12.8. The largest absolute Gasteiger partial charge is 0.336 e. The molecule has 23 heavy (non-hydrogen) atoms. The summed E-state index contributed by atoms with van der Waals surface area (Å²) in [7, 11) is 0. The van der Waals surface area contributed by atoms with Gasteiger partial charge in [0.15, 0.2) is 0 Å². The topological polar surface area (TPSA) is 60.0 Å². The highest BCUT2D eigenvalue weighted by Crippen LogP contribution is 2.16. The molecule has 1 heterocycles. The number of nitrogens with zero attached hydrogens (tertiary/aromatic N) is 1. The van der Waals surface area contributed by atoms with Crippen molar-refractivity contribution in [1.29, 1.82) is 0 Å². The Morgan fingerprint density at radius 2 is 1.48 bits per heavy atom. The second-order valence-electron chi connectivity index (χ2n) is 5.42. The molecular formula is C19H19N3O. The van der Waals surface area contributed by atoms with E-state index in [2.05, 4.69) is 29.7 Å². The monoisotopic (exact) mass is 305 g/mol. The minimum absolute atomic E-state index is 0.278. The Bertz CT molecular complexity index is 779. The minimum Gasteiger partial charge on any atom is -0.336 e. The third-order valence-corrected chi connectivity index (χ3v) is 3.85. The van der Waals surface area contributed by atoms with Crippen LogP contribution in [0.4, 0.5) is 0 Å². The molecule has 3 aromatic rings. The number of nitrogens with two attached hydrogens (primary N) is 1. The molecule has 1 aromatic heterocycles. The third kappa shape index (κ3) is 3.49. The summed E-state index contributed by atoms with van der Waals surface area (Å²) in [6, 6.07) is 24.1. The van der Waals surface area contributed by atoms with Crippen molar-refractivity contribution in [3.05, 3.63) is 95.3 Å². The van der Waals surface area contributed by atoms with Gasteiger partial charge < -0.3 is 4.57 Å². The van der Waals surface area contributed by atoms with E-state index >= 15 is 0 Å². The van der Waals surface area contributed by atoms with E-state index < -0.39 is 0 Å². The van der Waals surface area contributed by atoms with E-state index in [1.807, 2.05) is 53.1 Å². The molecule has 4 heteroatoms. The number of carbonyl (C=O) groups excluding carboxylic acids is 1. The lowest BCUT2D eigenvalue weighted by Crippen LogP contribution is -2.32. The molecule has 0 aliphatic heterocycles. The van der Waals surface area contributed by atoms with Crippen molar-refractivity contribution < 1.29 is 4.79 Å². The second-order valence-corrected chi connectivity index (χ2v) is 5.42. The summed E-state index contributed by atoms with van der Waals surface area (Å²) in [5.74, 6) is 5.04. The molecule has 4 nitrogen and oxygen atoms in total. The van der Waals surface area contributed by atoms with Crippen molar-refractivity contribution in [2.24, 2.45) is 5.84 Å². The molecule has 0 fully saturated rings. The number of hydrogen-bond donors (Lipinski definition) is 2. The molecule has 0 bridgehead atoms. The normalized spacial score (nSPS) is 10.5. The van der Waals surface area contributed by atoms with Crippen LogP contribution in [0, 0.1) is 0 Å². The molecule has 0 saturated carbocycles. The van der Waals surface area contributed by atoms with Gasteiger partial charge in [-0.25, -0.2) is 5.84 Å². The lowest BCUT2D eigenvalue weighted by Gasteiger charge is -2.13. The van der Waals surface area contributed by atoms with Crippen LogP contribution in [0.3, 0.4) is 0 Å². The number of nitrogens with one attached hydrogen (secondary N) is 1. The SMILES string of the molecule is NNC(=O)c1ccc(Cc2ccccc2)n1Cc1ccccc1.